The Bertz CT molecular complexity index is 3120. The minimum Gasteiger partial charge on any atom is -0.475 e. The van der Waals surface area contributed by atoms with Gasteiger partial charge in [-0.1, -0.05) is 112 Å². The Morgan fingerprint density at radius 1 is 0.663 bits per heavy atom. The molecule has 2 rings (SSSR count). The van der Waals surface area contributed by atoms with E-state index in [1.165, 1.54) is 44.2 Å². The minimum absolute atomic E-state index is 0.0310. The molecule has 0 aliphatic carbocycles. The fourth-order valence-electron chi connectivity index (χ4n) is 9.75. The molecule has 104 heavy (non-hydrogen) atoms. The summed E-state index contributed by atoms with van der Waals surface area (Å²) in [6.07, 6.45) is -14.2. The number of alkyl carbamates (subject to hydrolysis) is 1. The van der Waals surface area contributed by atoms with Crippen LogP contribution >= 0.6 is 0 Å². The summed E-state index contributed by atoms with van der Waals surface area (Å²) in [4.78, 5) is 198. The van der Waals surface area contributed by atoms with Crippen molar-refractivity contribution >= 4 is 89.0 Å². The van der Waals surface area contributed by atoms with Gasteiger partial charge in [0.25, 0.3) is 0 Å². The second-order valence-corrected chi connectivity index (χ2v) is 27.1. The number of cyclic esters (lactones) is 1. The number of carboxylic acids is 1. The molecule has 0 radical (unpaired) electrons. The summed E-state index contributed by atoms with van der Waals surface area (Å²) in [5.74, 6) is -21.1. The molecule has 16 atom stereocenters. The van der Waals surface area contributed by atoms with Crippen LogP contribution in [0.25, 0.3) is 0 Å². The zero-order chi connectivity index (χ0) is 80.0. The maximum atomic E-state index is 15.5. The summed E-state index contributed by atoms with van der Waals surface area (Å²) in [5.41, 5.74) is 15.4. The third-order valence-electron chi connectivity index (χ3n) is 15.8. The van der Waals surface area contributed by atoms with E-state index in [-0.39, 0.29) is 50.2 Å². The molecular weight excluding hydrogens is 1380 g/mol. The zero-order valence-electron chi connectivity index (χ0n) is 60.8. The zero-order valence-corrected chi connectivity index (χ0v) is 60.8. The first-order valence-corrected chi connectivity index (χ1v) is 33.7. The third-order valence-corrected chi connectivity index (χ3v) is 15.8. The van der Waals surface area contributed by atoms with E-state index in [4.69, 9.17) is 36.6 Å². The molecule has 0 saturated carbocycles. The molecule has 1 aliphatic rings. The Kier molecular flexibility index (Phi) is 38.8. The molecule has 1 aliphatic heterocycles. The molecule has 588 valence electrons. The van der Waals surface area contributed by atoms with Gasteiger partial charge in [-0.25, -0.2) is 14.4 Å². The lowest BCUT2D eigenvalue weighted by Crippen LogP contribution is -2.64. The van der Waals surface area contributed by atoms with Crippen LogP contribution in [0.3, 0.4) is 0 Å². The van der Waals surface area contributed by atoms with E-state index in [0.717, 1.165) is 6.92 Å². The largest absolute Gasteiger partial charge is 0.490 e. The molecule has 39 heteroatoms. The first kappa shape index (κ1) is 92.5. The summed E-state index contributed by atoms with van der Waals surface area (Å²) < 4.78 is 43.1. The van der Waals surface area contributed by atoms with Gasteiger partial charge in [-0.05, 0) is 88.5 Å². The average molecular weight is 1490 g/mol. The first-order chi connectivity index (χ1) is 48.1. The highest BCUT2D eigenvalue weighted by Crippen LogP contribution is 2.25. The number of carboxylic acid groups (broad SMARTS) is 1. The van der Waals surface area contributed by atoms with Crippen molar-refractivity contribution in [1.82, 2.24) is 58.5 Å². The Morgan fingerprint density at radius 2 is 1.19 bits per heavy atom. The summed E-state index contributed by atoms with van der Waals surface area (Å²) in [7, 11) is 0. The van der Waals surface area contributed by atoms with Crippen molar-refractivity contribution < 1.29 is 115 Å². The van der Waals surface area contributed by atoms with Crippen molar-refractivity contribution in [3.8, 4) is 0 Å². The van der Waals surface area contributed by atoms with Crippen LogP contribution in [-0.4, -0.2) is 225 Å². The number of nitrogens with two attached hydrogens (primary N) is 3. The lowest BCUT2D eigenvalue weighted by molar-refractivity contribution is -0.192. The number of carbonyl (C=O) groups excluding carboxylic acids is 13. The lowest BCUT2D eigenvalue weighted by atomic mass is 9.95. The maximum absolute atomic E-state index is 15.5. The number of alkyl halides is 3. The Morgan fingerprint density at radius 3 is 1.68 bits per heavy atom. The fraction of sp³-hybridized carbons (Fsp3) is 0.677. The molecule has 0 aromatic heterocycles. The van der Waals surface area contributed by atoms with Crippen LogP contribution in [0.4, 0.5) is 18.0 Å². The molecule has 1 saturated heterocycles. The molecule has 0 spiro atoms. The molecule has 1 heterocycles. The van der Waals surface area contributed by atoms with E-state index in [1.807, 2.05) is 10.6 Å². The number of nitrogens with zero attached hydrogens (tertiary/aromatic N) is 1. The van der Waals surface area contributed by atoms with Crippen LogP contribution in [0.1, 0.15) is 147 Å². The van der Waals surface area contributed by atoms with Gasteiger partial charge in [-0.2, -0.15) is 13.2 Å². The summed E-state index contributed by atoms with van der Waals surface area (Å²) in [6, 6.07) is -11.4. The monoisotopic (exact) mass is 1490 g/mol. The number of nitrogens with one attached hydrogen (secondary N) is 11. The van der Waals surface area contributed by atoms with Gasteiger partial charge in [0.05, 0.1) is 25.4 Å². The summed E-state index contributed by atoms with van der Waals surface area (Å²) in [6.45, 7) is 19.7. The molecular formula is C65H106F3N15O21. The van der Waals surface area contributed by atoms with Gasteiger partial charge in [0, 0.05) is 6.54 Å². The molecule has 22 N–H and O–H groups in total. The number of halogens is 3. The van der Waals surface area contributed by atoms with Gasteiger partial charge >= 0.3 is 24.2 Å². The number of ether oxygens (including phenoxy) is 2. The number of aliphatic hydroxyl groups excluding tert-OH is 4. The maximum Gasteiger partial charge on any atom is 0.490 e. The number of guanidine groups is 1. The number of esters is 1. The summed E-state index contributed by atoms with van der Waals surface area (Å²) in [5, 5.41) is 78.0. The highest BCUT2D eigenvalue weighted by atomic mass is 19.4. The molecule has 2 unspecified atom stereocenters. The number of rotatable bonds is 24. The average Bonchev–Trinajstić information content (AvgIpc) is 0.812. The van der Waals surface area contributed by atoms with Crippen LogP contribution in [0.5, 0.6) is 0 Å². The Labute approximate surface area is 600 Å². The van der Waals surface area contributed by atoms with Crippen molar-refractivity contribution in [3.63, 3.8) is 0 Å². The SMILES string of the molecule is CC[C@H](C)C1NC(=O)[C@@H](CCCN=C(N)N)NC(=O)[C@H](CC(C)C)NC(=O)[C@H]([C@H](O)C(C)C)NC(=O)[C@@H](NC(=O)[C@H](CC(C)C)NC(=O)[C@@H](NC(=O)OC(C)(C)C)[C@@H](C)CC)[C@@H](c2ccccc2)OC(=O)[C@H](CO)NC(=O)[C@H]([C@H](O)C(N)=O)NC(=O)CNC(=O)C([C@H](C)O)NC1=O.O=C(O)C(F)(F)F. The van der Waals surface area contributed by atoms with Crippen molar-refractivity contribution in [2.24, 2.45) is 51.8 Å². The van der Waals surface area contributed by atoms with Crippen LogP contribution in [0.15, 0.2) is 35.3 Å². The number of hydrogen-bond donors (Lipinski definition) is 19. The third kappa shape index (κ3) is 32.0. The smallest absolute Gasteiger partial charge is 0.475 e. The Hall–Kier alpha value is -9.50. The number of carbonyl (C=O) groups is 14. The molecule has 12 amide bonds. The number of amides is 12. The fourth-order valence-corrected chi connectivity index (χ4v) is 9.75. The number of aliphatic hydroxyl groups is 4. The van der Waals surface area contributed by atoms with Crippen LogP contribution in [-0.2, 0) is 71.8 Å². The van der Waals surface area contributed by atoms with E-state index in [9.17, 15) is 81.5 Å². The Balaban J connectivity index is 0.00000731. The van der Waals surface area contributed by atoms with E-state index in [0.29, 0.717) is 6.42 Å². The molecule has 0 bridgehead atoms. The van der Waals surface area contributed by atoms with Crippen LogP contribution in [0.2, 0.25) is 0 Å². The predicted octanol–water partition coefficient (Wildman–Crippen LogP) is -3.24. The molecule has 36 nitrogen and oxygen atoms in total. The minimum atomic E-state index is -5.08. The van der Waals surface area contributed by atoms with Gasteiger partial charge in [0.1, 0.15) is 60.0 Å². The normalized spacial score (nSPS) is 23.3. The summed E-state index contributed by atoms with van der Waals surface area (Å²) >= 11 is 0. The number of hydrogen-bond acceptors (Lipinski definition) is 21. The van der Waals surface area contributed by atoms with E-state index < -0.39 is 222 Å². The second kappa shape index (κ2) is 43.6. The predicted molar refractivity (Wildman–Crippen MR) is 365 cm³/mol. The van der Waals surface area contributed by atoms with E-state index in [1.54, 1.807) is 76.2 Å². The number of aliphatic imine (C=N–C) groups is 1. The number of aliphatic carboxylic acids is 1. The van der Waals surface area contributed by atoms with E-state index >= 15 is 14.4 Å². The highest BCUT2D eigenvalue weighted by molar-refractivity contribution is 6.00. The van der Waals surface area contributed by atoms with Gasteiger partial charge in [0.2, 0.25) is 65.0 Å². The van der Waals surface area contributed by atoms with Crippen molar-refractivity contribution in [2.45, 2.75) is 232 Å². The van der Waals surface area contributed by atoms with Crippen molar-refractivity contribution in [2.75, 3.05) is 19.7 Å². The number of primary amides is 1. The topological polar surface area (TPSA) is 581 Å². The van der Waals surface area contributed by atoms with Gasteiger partial charge in [-0.15, -0.1) is 0 Å². The van der Waals surface area contributed by atoms with Crippen molar-refractivity contribution in [1.29, 1.82) is 0 Å². The van der Waals surface area contributed by atoms with E-state index in [2.05, 4.69) is 52.8 Å². The standard InChI is InChI=1S/C63H105N15O19.C2HF3O2/c1-15-32(9)41-56(90)75-43(34(11)80)54(88)68-27-40(81)73-45(48(83)50(64)84)58(92)72-39(28-79)60(94)96-49(35-21-18-17-19-22-35)46(77-53(87)38(26-30(5)6)70-55(89)42(33(10)16-2)78-62(95)97-63(12,13)14)59(93)76-44(47(82)31(7)8)57(91)71-37(25-29(3)4)52(86)69-36(51(85)74-41)23-20-24-67-61(65)66;3-2(4,5)1(6)7/h17-19,21-22,29-34,36-39,41-49,79-80,82-83H,15-16,20,23-28H2,1-14H3,(H2,64,84)(H,68,88)(H,69,86)(H,70,89)(H,71,91)(H,72,92)(H,73,81)(H,74,85)(H,75,90)(H,76,93)(H,77,87)(H,78,95)(H4,65,66,67);(H,6,7)/t32-,33-,34-,36+,37-,38-,39-,41?,42-,43?,44-,45-,46-,47+,48-,49+;/m0./s1. The van der Waals surface area contributed by atoms with Crippen LogP contribution < -0.4 is 75.7 Å². The van der Waals surface area contributed by atoms with Gasteiger partial charge in [0.15, 0.2) is 24.2 Å². The van der Waals surface area contributed by atoms with Gasteiger partial charge < -0.3 is 111 Å². The van der Waals surface area contributed by atoms with Crippen LogP contribution in [0, 0.1) is 29.6 Å². The van der Waals surface area contributed by atoms with Crippen molar-refractivity contribution in [3.05, 3.63) is 35.9 Å². The quantitative estimate of drug-likeness (QED) is 0.0209. The molecule has 1 aromatic carbocycles. The highest BCUT2D eigenvalue weighted by Gasteiger charge is 2.45. The number of benzene rings is 1. The van der Waals surface area contributed by atoms with Gasteiger partial charge in [-0.3, -0.25) is 57.7 Å². The molecule has 1 fully saturated rings. The first-order valence-electron chi connectivity index (χ1n) is 33.7. The second-order valence-electron chi connectivity index (χ2n) is 27.1. The lowest BCUT2D eigenvalue weighted by Gasteiger charge is -2.34. The molecule has 1 aromatic rings.